The molecule has 2 atom stereocenters. The minimum Gasteiger partial charge on any atom is -0.478 e. The van der Waals surface area contributed by atoms with Gasteiger partial charge in [0.25, 0.3) is 0 Å². The maximum atomic E-state index is 12.6. The molecule has 0 aliphatic heterocycles. The molecule has 158 valence electrons. The summed E-state index contributed by atoms with van der Waals surface area (Å²) in [6, 6.07) is 6.26. The van der Waals surface area contributed by atoms with Crippen LogP contribution in [0.15, 0.2) is 24.3 Å². The molecule has 1 aromatic rings. The van der Waals surface area contributed by atoms with Crippen molar-refractivity contribution in [1.82, 2.24) is 0 Å². The summed E-state index contributed by atoms with van der Waals surface area (Å²) >= 11 is 0. The van der Waals surface area contributed by atoms with Crippen molar-refractivity contribution in [3.63, 3.8) is 0 Å². The first-order chi connectivity index (χ1) is 13.5. The molecule has 28 heavy (non-hydrogen) atoms. The predicted molar refractivity (Wildman–Crippen MR) is 114 cm³/mol. The minimum atomic E-state index is -1.11. The van der Waals surface area contributed by atoms with Crippen molar-refractivity contribution in [2.24, 2.45) is 5.92 Å². The van der Waals surface area contributed by atoms with Crippen molar-refractivity contribution in [1.29, 1.82) is 0 Å². The van der Waals surface area contributed by atoms with Crippen LogP contribution in [0.5, 0.6) is 0 Å². The molecule has 0 radical (unpaired) electrons. The molecule has 2 unspecified atom stereocenters. The van der Waals surface area contributed by atoms with Crippen molar-refractivity contribution in [2.45, 2.75) is 97.5 Å². The summed E-state index contributed by atoms with van der Waals surface area (Å²) in [5.41, 5.74) is 0.133. The predicted octanol–water partition coefficient (Wildman–Crippen LogP) is 6.88. The molecule has 0 aliphatic carbocycles. The Hall–Kier alpha value is -1.84. The number of carboxylic acids is 1. The van der Waals surface area contributed by atoms with E-state index in [1.165, 1.54) is 57.1 Å². The fourth-order valence-corrected chi connectivity index (χ4v) is 3.43. The van der Waals surface area contributed by atoms with Gasteiger partial charge in [-0.25, -0.2) is 9.59 Å². The van der Waals surface area contributed by atoms with E-state index >= 15 is 0 Å². The van der Waals surface area contributed by atoms with Crippen molar-refractivity contribution in [2.75, 3.05) is 0 Å². The normalized spacial score (nSPS) is 13.1. The fourth-order valence-electron chi connectivity index (χ4n) is 3.43. The molecule has 0 amide bonds. The Balaban J connectivity index is 2.47. The number of hydrogen-bond donors (Lipinski definition) is 1. The van der Waals surface area contributed by atoms with Crippen LogP contribution in [-0.2, 0) is 4.74 Å². The molecule has 1 N–H and O–H groups in total. The highest BCUT2D eigenvalue weighted by molar-refractivity contribution is 6.02. The average molecular weight is 391 g/mol. The van der Waals surface area contributed by atoms with E-state index in [1.54, 1.807) is 12.1 Å². The van der Waals surface area contributed by atoms with E-state index in [0.29, 0.717) is 0 Å². The van der Waals surface area contributed by atoms with E-state index in [-0.39, 0.29) is 23.1 Å². The van der Waals surface area contributed by atoms with Gasteiger partial charge in [-0.1, -0.05) is 90.7 Å². The van der Waals surface area contributed by atoms with E-state index < -0.39 is 11.9 Å². The second kappa shape index (κ2) is 14.2. The van der Waals surface area contributed by atoms with Crippen molar-refractivity contribution in [3.8, 4) is 0 Å². The van der Waals surface area contributed by atoms with Gasteiger partial charge >= 0.3 is 11.9 Å². The van der Waals surface area contributed by atoms with Crippen LogP contribution < -0.4 is 0 Å². The smallest absolute Gasteiger partial charge is 0.339 e. The largest absolute Gasteiger partial charge is 0.478 e. The third-order valence-electron chi connectivity index (χ3n) is 5.51. The van der Waals surface area contributed by atoms with Gasteiger partial charge in [0.05, 0.1) is 11.1 Å². The second-order valence-corrected chi connectivity index (χ2v) is 7.80. The van der Waals surface area contributed by atoms with Crippen LogP contribution in [0.3, 0.4) is 0 Å². The van der Waals surface area contributed by atoms with Gasteiger partial charge in [-0.05, 0) is 30.9 Å². The van der Waals surface area contributed by atoms with Gasteiger partial charge in [0.2, 0.25) is 0 Å². The van der Waals surface area contributed by atoms with Crippen molar-refractivity contribution in [3.05, 3.63) is 35.4 Å². The Morgan fingerprint density at radius 3 is 1.96 bits per heavy atom. The number of benzene rings is 1. The second-order valence-electron chi connectivity index (χ2n) is 7.80. The number of esters is 1. The van der Waals surface area contributed by atoms with Gasteiger partial charge in [0.15, 0.2) is 0 Å². The zero-order chi connectivity index (χ0) is 20.8. The molecule has 0 fully saturated rings. The van der Waals surface area contributed by atoms with Crippen LogP contribution >= 0.6 is 0 Å². The molecule has 0 aliphatic rings. The Kier molecular flexibility index (Phi) is 12.3. The molecule has 0 spiro atoms. The van der Waals surface area contributed by atoms with E-state index in [1.807, 2.05) is 0 Å². The van der Waals surface area contributed by atoms with Crippen molar-refractivity contribution < 1.29 is 19.4 Å². The maximum absolute atomic E-state index is 12.6. The molecular weight excluding hydrogens is 352 g/mol. The lowest BCUT2D eigenvalue weighted by molar-refractivity contribution is 0.0119. The first-order valence-electron chi connectivity index (χ1n) is 11.0. The summed E-state index contributed by atoms with van der Waals surface area (Å²) in [5.74, 6) is -1.37. The molecule has 0 bridgehead atoms. The summed E-state index contributed by atoms with van der Waals surface area (Å²) in [6.07, 6.45) is 12.9. The van der Waals surface area contributed by atoms with Crippen LogP contribution in [0.2, 0.25) is 0 Å². The van der Waals surface area contributed by atoms with Crippen LogP contribution in [0.25, 0.3) is 0 Å². The molecule has 1 aromatic carbocycles. The third-order valence-corrected chi connectivity index (χ3v) is 5.51. The Morgan fingerprint density at radius 2 is 1.43 bits per heavy atom. The monoisotopic (exact) mass is 390 g/mol. The Morgan fingerprint density at radius 1 is 0.893 bits per heavy atom. The maximum Gasteiger partial charge on any atom is 0.339 e. The highest BCUT2D eigenvalue weighted by Crippen LogP contribution is 2.22. The molecule has 4 nitrogen and oxygen atoms in total. The molecule has 0 heterocycles. The topological polar surface area (TPSA) is 63.6 Å². The number of unbranched alkanes of at least 4 members (excludes halogenated alkanes) is 8. The summed E-state index contributed by atoms with van der Waals surface area (Å²) in [5, 5.41) is 9.29. The highest BCUT2D eigenvalue weighted by Gasteiger charge is 2.23. The zero-order valence-electron chi connectivity index (χ0n) is 17.9. The quantitative estimate of drug-likeness (QED) is 0.262. The summed E-state index contributed by atoms with van der Waals surface area (Å²) < 4.78 is 5.75. The number of aromatic carboxylic acids is 1. The standard InChI is InChI=1S/C24H38O4/c1-4-6-7-8-9-10-11-12-13-18-22(19(3)5-2)28-24(27)21-17-15-14-16-20(21)23(25)26/h14-17,19,22H,4-13,18H2,1-3H3,(H,25,26). The van der Waals surface area contributed by atoms with Gasteiger partial charge in [-0.15, -0.1) is 0 Å². The van der Waals surface area contributed by atoms with E-state index in [0.717, 1.165) is 25.7 Å². The summed E-state index contributed by atoms with van der Waals surface area (Å²) in [4.78, 5) is 23.9. The Bertz CT molecular complexity index is 582. The van der Waals surface area contributed by atoms with Crippen LogP contribution in [-0.4, -0.2) is 23.1 Å². The van der Waals surface area contributed by atoms with E-state index in [2.05, 4.69) is 20.8 Å². The van der Waals surface area contributed by atoms with Crippen molar-refractivity contribution >= 4 is 11.9 Å². The first-order valence-corrected chi connectivity index (χ1v) is 11.0. The number of carbonyl (C=O) groups is 2. The zero-order valence-corrected chi connectivity index (χ0v) is 17.9. The third kappa shape index (κ3) is 8.90. The van der Waals surface area contributed by atoms with Gasteiger partial charge in [-0.3, -0.25) is 0 Å². The van der Waals surface area contributed by atoms with Crippen LogP contribution in [0.4, 0.5) is 0 Å². The number of carbonyl (C=O) groups excluding carboxylic acids is 1. The highest BCUT2D eigenvalue weighted by atomic mass is 16.5. The van der Waals surface area contributed by atoms with E-state index in [4.69, 9.17) is 4.74 Å². The van der Waals surface area contributed by atoms with Gasteiger partial charge in [0.1, 0.15) is 6.10 Å². The van der Waals surface area contributed by atoms with Crippen LogP contribution in [0, 0.1) is 5.92 Å². The molecule has 0 aromatic heterocycles. The molecular formula is C24H38O4. The number of rotatable bonds is 15. The lowest BCUT2D eigenvalue weighted by Gasteiger charge is -2.23. The molecule has 0 saturated heterocycles. The first kappa shape index (κ1) is 24.2. The van der Waals surface area contributed by atoms with Gasteiger partial charge in [0, 0.05) is 0 Å². The fraction of sp³-hybridized carbons (Fsp3) is 0.667. The average Bonchev–Trinajstić information content (AvgIpc) is 2.70. The molecule has 0 saturated carbocycles. The lowest BCUT2D eigenvalue weighted by Crippen LogP contribution is -2.26. The number of carboxylic acid groups (broad SMARTS) is 1. The summed E-state index contributed by atoms with van der Waals surface area (Å²) in [7, 11) is 0. The van der Waals surface area contributed by atoms with Gasteiger partial charge < -0.3 is 9.84 Å². The number of hydrogen-bond acceptors (Lipinski definition) is 3. The Labute approximate surface area is 170 Å². The molecule has 4 heteroatoms. The van der Waals surface area contributed by atoms with Gasteiger partial charge in [-0.2, -0.15) is 0 Å². The lowest BCUT2D eigenvalue weighted by atomic mass is 9.96. The molecule has 1 rings (SSSR count). The minimum absolute atomic E-state index is 0.00141. The van der Waals surface area contributed by atoms with E-state index in [9.17, 15) is 14.7 Å². The van der Waals surface area contributed by atoms with Crippen LogP contribution in [0.1, 0.15) is 112 Å². The number of ether oxygens (including phenoxy) is 1. The summed E-state index contributed by atoms with van der Waals surface area (Å²) in [6.45, 7) is 6.42. The SMILES string of the molecule is CCCCCCCCCCCC(OC(=O)c1ccccc1C(=O)O)C(C)CC.